The maximum atomic E-state index is 12.8. The Morgan fingerprint density at radius 1 is 1.03 bits per heavy atom. The summed E-state index contributed by atoms with van der Waals surface area (Å²) in [5.74, 6) is 0.908. The van der Waals surface area contributed by atoms with Gasteiger partial charge in [0.1, 0.15) is 11.6 Å². The zero-order valence-corrected chi connectivity index (χ0v) is 20.5. The lowest BCUT2D eigenvalue weighted by molar-refractivity contribution is 0.340. The minimum absolute atomic E-state index is 0.0800. The second-order valence-corrected chi connectivity index (χ2v) is 9.68. The fourth-order valence-electron chi connectivity index (χ4n) is 3.49. The van der Waals surface area contributed by atoms with Crippen LogP contribution in [0.4, 0.5) is 17.5 Å². The molecule has 0 fully saturated rings. The van der Waals surface area contributed by atoms with Crippen LogP contribution in [-0.4, -0.2) is 30.7 Å². The van der Waals surface area contributed by atoms with Gasteiger partial charge in [0.15, 0.2) is 5.75 Å². The maximum absolute atomic E-state index is 12.8. The number of benzene rings is 2. The maximum Gasteiger partial charge on any atom is 0.309 e. The Balaban J connectivity index is 2.17. The van der Waals surface area contributed by atoms with E-state index in [2.05, 4.69) is 9.97 Å². The largest absolute Gasteiger partial charge is 0.493 e. The summed E-state index contributed by atoms with van der Waals surface area (Å²) in [6, 6.07) is 8.99. The minimum atomic E-state index is -3.83. The molecule has 1 aromatic heterocycles. The molecule has 0 aliphatic carbocycles. The van der Waals surface area contributed by atoms with E-state index in [1.807, 2.05) is 39.0 Å². The topological polar surface area (TPSA) is 156 Å². The van der Waals surface area contributed by atoms with Crippen molar-refractivity contribution in [2.75, 3.05) is 29.6 Å². The van der Waals surface area contributed by atoms with Crippen LogP contribution in [0.5, 0.6) is 11.5 Å². The molecule has 0 atom stereocenters. The quantitative estimate of drug-likeness (QED) is 0.288. The summed E-state index contributed by atoms with van der Waals surface area (Å²) < 4.78 is 37.1. The average molecular weight is 486 g/mol. The zero-order valence-electron chi connectivity index (χ0n) is 19.7. The van der Waals surface area contributed by atoms with E-state index in [9.17, 15) is 8.42 Å². The van der Waals surface area contributed by atoms with Crippen molar-refractivity contribution >= 4 is 27.6 Å². The van der Waals surface area contributed by atoms with Gasteiger partial charge in [0, 0.05) is 23.9 Å². The van der Waals surface area contributed by atoms with Gasteiger partial charge >= 0.3 is 10.1 Å². The number of hydrogen-bond acceptors (Lipinski definition) is 9. The molecule has 0 spiro atoms. The molecule has 0 amide bonds. The van der Waals surface area contributed by atoms with Crippen LogP contribution in [-0.2, 0) is 16.5 Å². The first-order chi connectivity index (χ1) is 16.1. The molecule has 2 aromatic carbocycles. The third kappa shape index (κ3) is 6.07. The highest BCUT2D eigenvalue weighted by molar-refractivity contribution is 7.87. The molecule has 6 N–H and O–H groups in total. The summed E-state index contributed by atoms with van der Waals surface area (Å²) in [6.07, 6.45) is 3.11. The molecule has 1 heterocycles. The predicted octanol–water partition coefficient (Wildman–Crippen LogP) is 3.70. The first kappa shape index (κ1) is 25.1. The Labute approximate surface area is 200 Å². The molecule has 3 aromatic rings. The molecular formula is C24H31N5O4S. The average Bonchev–Trinajstić information content (AvgIpc) is 2.76. The first-order valence-electron chi connectivity index (χ1n) is 11.1. The van der Waals surface area contributed by atoms with E-state index in [0.29, 0.717) is 42.0 Å². The second-order valence-electron chi connectivity index (χ2n) is 7.99. The summed E-state index contributed by atoms with van der Waals surface area (Å²) >= 11 is 0. The van der Waals surface area contributed by atoms with Gasteiger partial charge < -0.3 is 26.1 Å². The van der Waals surface area contributed by atoms with Crippen LogP contribution >= 0.6 is 0 Å². The van der Waals surface area contributed by atoms with Crippen LogP contribution in [0.15, 0.2) is 36.5 Å². The highest BCUT2D eigenvalue weighted by atomic mass is 32.2. The van der Waals surface area contributed by atoms with Gasteiger partial charge in [-0.15, -0.1) is 0 Å². The van der Waals surface area contributed by atoms with Gasteiger partial charge in [-0.2, -0.15) is 13.4 Å². The number of rotatable bonds is 10. The molecule has 0 aliphatic rings. The Morgan fingerprint density at radius 2 is 1.76 bits per heavy atom. The summed E-state index contributed by atoms with van der Waals surface area (Å²) in [6.45, 7) is 6.04. The molecule has 0 radical (unpaired) electrons. The summed E-state index contributed by atoms with van der Waals surface area (Å²) in [7, 11) is -3.83. The number of aryl methyl sites for hydroxylation is 1. The molecule has 0 aliphatic heterocycles. The van der Waals surface area contributed by atoms with E-state index in [1.54, 1.807) is 18.3 Å². The first-order valence-corrected chi connectivity index (χ1v) is 12.7. The number of nitrogens with two attached hydrogens (primary N) is 3. The van der Waals surface area contributed by atoms with Crippen molar-refractivity contribution in [3.8, 4) is 22.6 Å². The zero-order chi connectivity index (χ0) is 24.9. The Morgan fingerprint density at radius 3 is 2.41 bits per heavy atom. The second kappa shape index (κ2) is 10.6. The van der Waals surface area contributed by atoms with Crippen LogP contribution in [0.3, 0.4) is 0 Å². The number of nitrogen functional groups attached to an aromatic ring is 3. The van der Waals surface area contributed by atoms with Gasteiger partial charge in [-0.25, -0.2) is 4.98 Å². The van der Waals surface area contributed by atoms with Crippen LogP contribution in [0.2, 0.25) is 0 Å². The van der Waals surface area contributed by atoms with Crippen molar-refractivity contribution < 1.29 is 17.3 Å². The standard InChI is InChI=1S/C24H31N5O4S/c1-4-6-9-34(30,31)33-21-13-16(11-18-14-28-24(27)29-23(18)26)12-20(32-5-2)22(21)17-7-8-19(25)15(3)10-17/h7-8,10,12-14H,4-6,9,11,25H2,1-3H3,(H4,26,27,28,29). The third-order valence-electron chi connectivity index (χ3n) is 5.26. The molecule has 9 nitrogen and oxygen atoms in total. The van der Waals surface area contributed by atoms with E-state index >= 15 is 0 Å². The van der Waals surface area contributed by atoms with E-state index < -0.39 is 10.1 Å². The number of unbranched alkanes of at least 4 members (excludes halogenated alkanes) is 1. The van der Waals surface area contributed by atoms with Gasteiger partial charge in [0.25, 0.3) is 0 Å². The molecule has 3 rings (SSSR count). The van der Waals surface area contributed by atoms with Crippen molar-refractivity contribution in [3.05, 3.63) is 53.2 Å². The van der Waals surface area contributed by atoms with Gasteiger partial charge in [-0.3, -0.25) is 0 Å². The lowest BCUT2D eigenvalue weighted by Gasteiger charge is -2.19. The van der Waals surface area contributed by atoms with E-state index in [0.717, 1.165) is 23.1 Å². The predicted molar refractivity (Wildman–Crippen MR) is 135 cm³/mol. The Hall–Kier alpha value is -3.53. The van der Waals surface area contributed by atoms with Gasteiger partial charge in [-0.1, -0.05) is 19.4 Å². The lowest BCUT2D eigenvalue weighted by atomic mass is 9.97. The van der Waals surface area contributed by atoms with E-state index in [1.165, 1.54) is 0 Å². The molecule has 0 unspecified atom stereocenters. The normalized spacial score (nSPS) is 11.4. The van der Waals surface area contributed by atoms with Crippen molar-refractivity contribution in [3.63, 3.8) is 0 Å². The SMILES string of the molecule is CCCCS(=O)(=O)Oc1cc(Cc2cnc(N)nc2N)cc(OCC)c1-c1ccc(N)c(C)c1. The van der Waals surface area contributed by atoms with E-state index in [4.69, 9.17) is 26.1 Å². The third-order valence-corrected chi connectivity index (χ3v) is 6.48. The Bertz CT molecular complexity index is 1280. The minimum Gasteiger partial charge on any atom is -0.493 e. The van der Waals surface area contributed by atoms with Crippen LogP contribution in [0, 0.1) is 6.92 Å². The van der Waals surface area contributed by atoms with Crippen molar-refractivity contribution in [1.82, 2.24) is 9.97 Å². The number of aromatic nitrogens is 2. The molecule has 0 saturated heterocycles. The van der Waals surface area contributed by atoms with Crippen molar-refractivity contribution in [2.45, 2.75) is 40.0 Å². The van der Waals surface area contributed by atoms with Crippen molar-refractivity contribution in [2.24, 2.45) is 0 Å². The highest BCUT2D eigenvalue weighted by Gasteiger charge is 2.22. The number of hydrogen-bond donors (Lipinski definition) is 3. The van der Waals surface area contributed by atoms with E-state index in [-0.39, 0.29) is 23.3 Å². The van der Waals surface area contributed by atoms with Gasteiger partial charge in [-0.05, 0) is 61.2 Å². The molecular weight excluding hydrogens is 454 g/mol. The van der Waals surface area contributed by atoms with Crippen LogP contribution in [0.25, 0.3) is 11.1 Å². The fourth-order valence-corrected chi connectivity index (χ4v) is 4.62. The molecule has 0 saturated carbocycles. The Kier molecular flexibility index (Phi) is 7.83. The van der Waals surface area contributed by atoms with Crippen LogP contribution < -0.4 is 26.1 Å². The smallest absolute Gasteiger partial charge is 0.309 e. The number of nitrogens with zero attached hydrogens (tertiary/aromatic N) is 2. The summed E-state index contributed by atoms with van der Waals surface area (Å²) in [5, 5.41) is 0. The molecule has 182 valence electrons. The molecule has 34 heavy (non-hydrogen) atoms. The van der Waals surface area contributed by atoms with Crippen molar-refractivity contribution in [1.29, 1.82) is 0 Å². The number of anilines is 3. The number of ether oxygens (including phenoxy) is 1. The van der Waals surface area contributed by atoms with Gasteiger partial charge in [0.05, 0.1) is 17.9 Å². The highest BCUT2D eigenvalue weighted by Crippen LogP contribution is 2.42. The fraction of sp³-hybridized carbons (Fsp3) is 0.333. The monoisotopic (exact) mass is 485 g/mol. The lowest BCUT2D eigenvalue weighted by Crippen LogP contribution is -2.15. The summed E-state index contributed by atoms with van der Waals surface area (Å²) in [5.41, 5.74) is 21.8. The van der Waals surface area contributed by atoms with Crippen LogP contribution in [0.1, 0.15) is 43.4 Å². The summed E-state index contributed by atoms with van der Waals surface area (Å²) in [4.78, 5) is 8.01. The van der Waals surface area contributed by atoms with Gasteiger partial charge in [0.2, 0.25) is 5.95 Å². The molecule has 10 heteroatoms. The molecule has 0 bridgehead atoms.